The fraction of sp³-hybridized carbons (Fsp3) is 0.182. The zero-order chi connectivity index (χ0) is 21.7. The van der Waals surface area contributed by atoms with Gasteiger partial charge in [-0.1, -0.05) is 53.0 Å². The Morgan fingerprint density at radius 2 is 1.90 bits per heavy atom. The number of nitrogens with one attached hydrogen (secondary N) is 1. The fourth-order valence-electron chi connectivity index (χ4n) is 3.05. The summed E-state index contributed by atoms with van der Waals surface area (Å²) in [4.78, 5) is 12.0. The largest absolute Gasteiger partial charge is 0.316 e. The smallest absolute Gasteiger partial charge is 0.250 e. The van der Waals surface area contributed by atoms with Gasteiger partial charge in [0.25, 0.3) is 0 Å². The van der Waals surface area contributed by atoms with Gasteiger partial charge < -0.3 is 4.57 Å². The summed E-state index contributed by atoms with van der Waals surface area (Å²) >= 11 is 20.0. The molecule has 3 aromatic rings. The van der Waals surface area contributed by atoms with Crippen molar-refractivity contribution in [2.75, 3.05) is 5.75 Å². The number of aromatic nitrogens is 1. The summed E-state index contributed by atoms with van der Waals surface area (Å²) in [6, 6.07) is 15.1. The van der Waals surface area contributed by atoms with Crippen LogP contribution in [0.15, 0.2) is 53.6 Å². The summed E-state index contributed by atoms with van der Waals surface area (Å²) in [5, 5.41) is 5.79. The number of carbonyl (C=O) groups excluding carboxylic acids is 1. The topological polar surface area (TPSA) is 46.4 Å². The predicted molar refractivity (Wildman–Crippen MR) is 129 cm³/mol. The standard InChI is InChI=1S/C22H20Cl3N3OS/c1-14-9-17(15(2)28(14)20-8-4-7-19(24)22(20)25)11-26-27-21(29)13-30-12-16-5-3-6-18(23)10-16/h3-11H,12-13H2,1-2H3,(H,27,29)/b26-11+. The summed E-state index contributed by atoms with van der Waals surface area (Å²) in [7, 11) is 0. The van der Waals surface area contributed by atoms with E-state index in [0.29, 0.717) is 26.6 Å². The molecule has 1 N–H and O–H groups in total. The first-order valence-electron chi connectivity index (χ1n) is 9.14. The van der Waals surface area contributed by atoms with Gasteiger partial charge in [0.1, 0.15) is 0 Å². The first-order valence-corrected chi connectivity index (χ1v) is 11.4. The highest BCUT2D eigenvalue weighted by atomic mass is 35.5. The molecule has 1 aromatic heterocycles. The van der Waals surface area contributed by atoms with E-state index in [1.807, 2.05) is 60.9 Å². The molecule has 0 bridgehead atoms. The summed E-state index contributed by atoms with van der Waals surface area (Å²) in [5.74, 6) is 0.852. The molecule has 0 spiro atoms. The van der Waals surface area contributed by atoms with E-state index in [-0.39, 0.29) is 5.91 Å². The van der Waals surface area contributed by atoms with Crippen LogP contribution in [0.25, 0.3) is 5.69 Å². The van der Waals surface area contributed by atoms with Crippen LogP contribution in [0.5, 0.6) is 0 Å². The SMILES string of the molecule is Cc1cc(/C=N/NC(=O)CSCc2cccc(Cl)c2)c(C)n1-c1cccc(Cl)c1Cl. The number of aryl methyl sites for hydroxylation is 1. The molecule has 0 atom stereocenters. The third-order valence-corrected chi connectivity index (χ3v) is 6.47. The third kappa shape index (κ3) is 5.61. The van der Waals surface area contributed by atoms with Crippen LogP contribution in [0.4, 0.5) is 0 Å². The van der Waals surface area contributed by atoms with Gasteiger partial charge in [0.15, 0.2) is 0 Å². The van der Waals surface area contributed by atoms with Crippen molar-refractivity contribution in [3.05, 3.63) is 86.1 Å². The van der Waals surface area contributed by atoms with Crippen LogP contribution >= 0.6 is 46.6 Å². The molecule has 0 aliphatic heterocycles. The van der Waals surface area contributed by atoms with Gasteiger partial charge in [0.2, 0.25) is 5.91 Å². The Balaban J connectivity index is 1.60. The first kappa shape index (κ1) is 22.8. The number of halogens is 3. The Morgan fingerprint density at radius 3 is 2.67 bits per heavy atom. The second-order valence-corrected chi connectivity index (χ2v) is 8.86. The third-order valence-electron chi connectivity index (χ3n) is 4.43. The van der Waals surface area contributed by atoms with Crippen LogP contribution < -0.4 is 5.43 Å². The molecule has 0 saturated heterocycles. The van der Waals surface area contributed by atoms with E-state index in [9.17, 15) is 4.79 Å². The molecule has 0 fully saturated rings. The summed E-state index contributed by atoms with van der Waals surface area (Å²) in [5.41, 5.74) is 7.28. The zero-order valence-corrected chi connectivity index (χ0v) is 19.5. The number of nitrogens with zero attached hydrogens (tertiary/aromatic N) is 2. The molecule has 3 rings (SSSR count). The molecule has 2 aromatic carbocycles. The Bertz CT molecular complexity index is 1100. The van der Waals surface area contributed by atoms with E-state index in [2.05, 4.69) is 10.5 Å². The lowest BCUT2D eigenvalue weighted by molar-refractivity contribution is -0.118. The number of benzene rings is 2. The lowest BCUT2D eigenvalue weighted by Crippen LogP contribution is -2.19. The highest BCUT2D eigenvalue weighted by Gasteiger charge is 2.13. The molecule has 1 amide bonds. The number of amides is 1. The molecule has 0 aliphatic rings. The number of rotatable bonds is 7. The second-order valence-electron chi connectivity index (χ2n) is 6.65. The van der Waals surface area contributed by atoms with E-state index < -0.39 is 0 Å². The van der Waals surface area contributed by atoms with Crippen molar-refractivity contribution in [2.45, 2.75) is 19.6 Å². The molecule has 156 valence electrons. The van der Waals surface area contributed by atoms with Crippen LogP contribution in [0, 0.1) is 13.8 Å². The van der Waals surface area contributed by atoms with Crippen molar-refractivity contribution in [3.63, 3.8) is 0 Å². The van der Waals surface area contributed by atoms with Crippen molar-refractivity contribution < 1.29 is 4.79 Å². The minimum atomic E-state index is -0.162. The van der Waals surface area contributed by atoms with Crippen LogP contribution in [0.2, 0.25) is 15.1 Å². The molecular weight excluding hydrogens is 461 g/mol. The molecule has 8 heteroatoms. The summed E-state index contributed by atoms with van der Waals surface area (Å²) in [6.45, 7) is 3.95. The zero-order valence-electron chi connectivity index (χ0n) is 16.5. The maximum atomic E-state index is 12.0. The predicted octanol–water partition coefficient (Wildman–Crippen LogP) is 6.44. The highest BCUT2D eigenvalue weighted by molar-refractivity contribution is 7.99. The minimum Gasteiger partial charge on any atom is -0.316 e. The Hall–Kier alpha value is -1.92. The van der Waals surface area contributed by atoms with Gasteiger partial charge >= 0.3 is 0 Å². The highest BCUT2D eigenvalue weighted by Crippen LogP contribution is 2.31. The summed E-state index contributed by atoms with van der Waals surface area (Å²) in [6.07, 6.45) is 1.64. The van der Waals surface area contributed by atoms with Crippen LogP contribution in [0.1, 0.15) is 22.5 Å². The van der Waals surface area contributed by atoms with Crippen LogP contribution in [-0.4, -0.2) is 22.4 Å². The van der Waals surface area contributed by atoms with Crippen LogP contribution in [-0.2, 0) is 10.5 Å². The van der Waals surface area contributed by atoms with Crippen LogP contribution in [0.3, 0.4) is 0 Å². The quantitative estimate of drug-likeness (QED) is 0.312. The number of hydrogen-bond donors (Lipinski definition) is 1. The Labute approximate surface area is 195 Å². The summed E-state index contributed by atoms with van der Waals surface area (Å²) < 4.78 is 2.01. The average molecular weight is 481 g/mol. The van der Waals surface area contributed by atoms with Gasteiger partial charge in [-0.25, -0.2) is 5.43 Å². The molecule has 4 nitrogen and oxygen atoms in total. The van der Waals surface area contributed by atoms with E-state index in [1.165, 1.54) is 11.8 Å². The Morgan fingerprint density at radius 1 is 1.13 bits per heavy atom. The van der Waals surface area contributed by atoms with Crippen molar-refractivity contribution in [1.29, 1.82) is 0 Å². The van der Waals surface area contributed by atoms with Gasteiger partial charge in [-0.2, -0.15) is 5.10 Å². The maximum Gasteiger partial charge on any atom is 0.250 e. The Kier molecular flexibility index (Phi) is 7.89. The molecule has 0 unspecified atom stereocenters. The van der Waals surface area contributed by atoms with Gasteiger partial charge in [-0.05, 0) is 49.7 Å². The number of thioether (sulfide) groups is 1. The van der Waals surface area contributed by atoms with Gasteiger partial charge in [-0.15, -0.1) is 11.8 Å². The van der Waals surface area contributed by atoms with E-state index in [1.54, 1.807) is 12.3 Å². The average Bonchev–Trinajstić information content (AvgIpc) is 2.98. The molecule has 30 heavy (non-hydrogen) atoms. The van der Waals surface area contributed by atoms with Gasteiger partial charge in [0, 0.05) is 27.7 Å². The van der Waals surface area contributed by atoms with Crippen molar-refractivity contribution in [2.24, 2.45) is 5.10 Å². The molecule has 0 saturated carbocycles. The lowest BCUT2D eigenvalue weighted by Gasteiger charge is -2.12. The van der Waals surface area contributed by atoms with Crippen molar-refractivity contribution >= 4 is 58.7 Å². The number of hydrazone groups is 1. The maximum absolute atomic E-state index is 12.0. The number of carbonyl (C=O) groups is 1. The normalized spacial score (nSPS) is 11.2. The molecular formula is C22H20Cl3N3OS. The fourth-order valence-corrected chi connectivity index (χ4v) is 4.41. The van der Waals surface area contributed by atoms with E-state index >= 15 is 0 Å². The van der Waals surface area contributed by atoms with Gasteiger partial charge in [-0.3, -0.25) is 4.79 Å². The van der Waals surface area contributed by atoms with Gasteiger partial charge in [0.05, 0.1) is 27.7 Å². The van der Waals surface area contributed by atoms with E-state index in [0.717, 1.165) is 28.2 Å². The first-order chi connectivity index (χ1) is 14.4. The molecule has 0 radical (unpaired) electrons. The molecule has 0 aliphatic carbocycles. The second kappa shape index (κ2) is 10.4. The lowest BCUT2D eigenvalue weighted by atomic mass is 10.2. The number of hydrogen-bond acceptors (Lipinski definition) is 3. The minimum absolute atomic E-state index is 0.162. The molecule has 1 heterocycles. The van der Waals surface area contributed by atoms with Crippen molar-refractivity contribution in [3.8, 4) is 5.69 Å². The van der Waals surface area contributed by atoms with E-state index in [4.69, 9.17) is 34.8 Å². The van der Waals surface area contributed by atoms with Crippen molar-refractivity contribution in [1.82, 2.24) is 9.99 Å². The monoisotopic (exact) mass is 479 g/mol.